The summed E-state index contributed by atoms with van der Waals surface area (Å²) < 4.78 is 5.08. The van der Waals surface area contributed by atoms with Crippen molar-refractivity contribution in [1.82, 2.24) is 0 Å². The lowest BCUT2D eigenvalue weighted by Gasteiger charge is -2.09. The van der Waals surface area contributed by atoms with Gasteiger partial charge in [0.1, 0.15) is 5.75 Å². The molecule has 0 aromatic heterocycles. The first-order valence-electron chi connectivity index (χ1n) is 6.22. The number of amides is 1. The fraction of sp³-hybridized carbons (Fsp3) is 0.133. The molecule has 0 aliphatic carbocycles. The summed E-state index contributed by atoms with van der Waals surface area (Å²) in [6.07, 6.45) is 0. The minimum atomic E-state index is -0.502. The molecule has 0 aliphatic heterocycles. The van der Waals surface area contributed by atoms with E-state index in [1.807, 2.05) is 0 Å². The summed E-state index contributed by atoms with van der Waals surface area (Å²) in [5.74, 6) is 0.216. The molecule has 0 atom stereocenters. The van der Waals surface area contributed by atoms with Crippen molar-refractivity contribution in [1.29, 1.82) is 0 Å². The van der Waals surface area contributed by atoms with Crippen LogP contribution in [0.1, 0.15) is 15.9 Å². The molecule has 0 saturated heterocycles. The van der Waals surface area contributed by atoms with Crippen molar-refractivity contribution in [2.45, 2.75) is 6.92 Å². The molecule has 2 aromatic rings. The van der Waals surface area contributed by atoms with Gasteiger partial charge in [-0.2, -0.15) is 0 Å². The van der Waals surface area contributed by atoms with Gasteiger partial charge >= 0.3 is 0 Å². The van der Waals surface area contributed by atoms with Crippen LogP contribution in [-0.2, 0) is 0 Å². The lowest BCUT2D eigenvalue weighted by Crippen LogP contribution is -2.14. The Labute approximate surface area is 121 Å². The number of methoxy groups -OCH3 is 1. The SMILES string of the molecule is COc1cccc(NC(=O)c2cccc([N+](=O)[O-])c2C)c1. The van der Waals surface area contributed by atoms with E-state index in [0.29, 0.717) is 17.0 Å². The highest BCUT2D eigenvalue weighted by atomic mass is 16.6. The standard InChI is InChI=1S/C15H14N2O4/c1-10-13(7-4-8-14(10)17(19)20)15(18)16-11-5-3-6-12(9-11)21-2/h3-9H,1-2H3,(H,16,18). The molecule has 21 heavy (non-hydrogen) atoms. The van der Waals surface area contributed by atoms with Gasteiger partial charge in [0.25, 0.3) is 11.6 Å². The fourth-order valence-electron chi connectivity index (χ4n) is 1.97. The average Bonchev–Trinajstić information content (AvgIpc) is 2.47. The summed E-state index contributed by atoms with van der Waals surface area (Å²) in [5.41, 5.74) is 1.09. The molecule has 6 nitrogen and oxygen atoms in total. The Morgan fingerprint density at radius 1 is 1.24 bits per heavy atom. The van der Waals surface area contributed by atoms with E-state index in [9.17, 15) is 14.9 Å². The van der Waals surface area contributed by atoms with Gasteiger partial charge in [0.15, 0.2) is 0 Å². The van der Waals surface area contributed by atoms with Gasteiger partial charge in [0, 0.05) is 28.9 Å². The number of nitrogens with one attached hydrogen (secondary N) is 1. The van der Waals surface area contributed by atoms with E-state index in [4.69, 9.17) is 4.74 Å². The Morgan fingerprint density at radius 3 is 2.62 bits per heavy atom. The number of carbonyl (C=O) groups is 1. The van der Waals surface area contributed by atoms with E-state index in [1.165, 1.54) is 19.2 Å². The van der Waals surface area contributed by atoms with Crippen molar-refractivity contribution in [3.63, 3.8) is 0 Å². The van der Waals surface area contributed by atoms with Crippen molar-refractivity contribution < 1.29 is 14.5 Å². The predicted molar refractivity (Wildman–Crippen MR) is 78.8 cm³/mol. The third-order valence-electron chi connectivity index (χ3n) is 3.07. The van der Waals surface area contributed by atoms with Gasteiger partial charge in [-0.05, 0) is 25.1 Å². The lowest BCUT2D eigenvalue weighted by atomic mass is 10.1. The normalized spacial score (nSPS) is 10.0. The molecule has 2 aromatic carbocycles. The van der Waals surface area contributed by atoms with Crippen LogP contribution >= 0.6 is 0 Å². The van der Waals surface area contributed by atoms with Crippen molar-refractivity contribution in [2.24, 2.45) is 0 Å². The monoisotopic (exact) mass is 286 g/mol. The Bertz CT molecular complexity index is 698. The van der Waals surface area contributed by atoms with Crippen molar-refractivity contribution in [3.05, 3.63) is 63.7 Å². The van der Waals surface area contributed by atoms with Crippen molar-refractivity contribution in [2.75, 3.05) is 12.4 Å². The van der Waals surface area contributed by atoms with E-state index >= 15 is 0 Å². The van der Waals surface area contributed by atoms with Crippen LogP contribution in [0.3, 0.4) is 0 Å². The van der Waals surface area contributed by atoms with Gasteiger partial charge in [-0.1, -0.05) is 12.1 Å². The average molecular weight is 286 g/mol. The second-order valence-electron chi connectivity index (χ2n) is 4.39. The number of carbonyl (C=O) groups excluding carboxylic acids is 1. The number of hydrogen-bond acceptors (Lipinski definition) is 4. The second-order valence-corrected chi connectivity index (χ2v) is 4.39. The summed E-state index contributed by atoms with van der Waals surface area (Å²) in [4.78, 5) is 22.6. The molecule has 1 amide bonds. The molecule has 1 N–H and O–H groups in total. The quantitative estimate of drug-likeness (QED) is 0.691. The molecule has 0 saturated carbocycles. The Balaban J connectivity index is 2.28. The lowest BCUT2D eigenvalue weighted by molar-refractivity contribution is -0.385. The number of nitrogens with zero attached hydrogens (tertiary/aromatic N) is 1. The van der Waals surface area contributed by atoms with Crippen LogP contribution in [0.25, 0.3) is 0 Å². The molecule has 0 radical (unpaired) electrons. The number of nitro benzene ring substituents is 1. The molecule has 108 valence electrons. The maximum absolute atomic E-state index is 12.2. The second kappa shape index (κ2) is 6.04. The molecule has 0 unspecified atom stereocenters. The largest absolute Gasteiger partial charge is 0.497 e. The molecule has 0 bridgehead atoms. The highest BCUT2D eigenvalue weighted by Crippen LogP contribution is 2.23. The summed E-state index contributed by atoms with van der Waals surface area (Å²) in [6, 6.07) is 11.3. The topological polar surface area (TPSA) is 81.5 Å². The molecule has 0 heterocycles. The minimum Gasteiger partial charge on any atom is -0.497 e. The van der Waals surface area contributed by atoms with Gasteiger partial charge < -0.3 is 10.1 Å². The van der Waals surface area contributed by atoms with Crippen molar-refractivity contribution >= 4 is 17.3 Å². The maximum Gasteiger partial charge on any atom is 0.273 e. The number of hydrogen-bond donors (Lipinski definition) is 1. The number of ether oxygens (including phenoxy) is 1. The van der Waals surface area contributed by atoms with Crippen LogP contribution in [0.4, 0.5) is 11.4 Å². The van der Waals surface area contributed by atoms with E-state index in [0.717, 1.165) is 0 Å². The van der Waals surface area contributed by atoms with Gasteiger partial charge in [0.05, 0.1) is 12.0 Å². The highest BCUT2D eigenvalue weighted by molar-refractivity contribution is 6.05. The first-order valence-corrected chi connectivity index (χ1v) is 6.22. The molecule has 6 heteroatoms. The van der Waals surface area contributed by atoms with Gasteiger partial charge in [-0.15, -0.1) is 0 Å². The Morgan fingerprint density at radius 2 is 1.95 bits per heavy atom. The zero-order valence-corrected chi connectivity index (χ0v) is 11.6. The summed E-state index contributed by atoms with van der Waals surface area (Å²) in [6.45, 7) is 1.55. The zero-order chi connectivity index (χ0) is 15.4. The number of benzene rings is 2. The van der Waals surface area contributed by atoms with Crippen LogP contribution in [0.5, 0.6) is 5.75 Å². The van der Waals surface area contributed by atoms with Crippen LogP contribution in [-0.4, -0.2) is 17.9 Å². The summed E-state index contributed by atoms with van der Waals surface area (Å²) >= 11 is 0. The first-order chi connectivity index (χ1) is 10.0. The molecule has 0 spiro atoms. The Hall–Kier alpha value is -2.89. The van der Waals surface area contributed by atoms with E-state index < -0.39 is 10.8 Å². The number of anilines is 1. The van der Waals surface area contributed by atoms with E-state index in [2.05, 4.69) is 5.32 Å². The van der Waals surface area contributed by atoms with E-state index in [-0.39, 0.29) is 11.3 Å². The Kier molecular flexibility index (Phi) is 4.18. The van der Waals surface area contributed by atoms with E-state index in [1.54, 1.807) is 37.3 Å². The molecule has 2 rings (SSSR count). The third-order valence-corrected chi connectivity index (χ3v) is 3.07. The van der Waals surface area contributed by atoms with Gasteiger partial charge in [0.2, 0.25) is 0 Å². The predicted octanol–water partition coefficient (Wildman–Crippen LogP) is 3.16. The summed E-state index contributed by atoms with van der Waals surface area (Å²) in [5, 5.41) is 13.6. The van der Waals surface area contributed by atoms with Gasteiger partial charge in [-0.3, -0.25) is 14.9 Å². The van der Waals surface area contributed by atoms with Crippen LogP contribution in [0.2, 0.25) is 0 Å². The highest BCUT2D eigenvalue weighted by Gasteiger charge is 2.17. The van der Waals surface area contributed by atoms with Crippen LogP contribution in [0, 0.1) is 17.0 Å². The number of nitro groups is 1. The van der Waals surface area contributed by atoms with Crippen LogP contribution in [0.15, 0.2) is 42.5 Å². The smallest absolute Gasteiger partial charge is 0.273 e. The molecular weight excluding hydrogens is 272 g/mol. The number of rotatable bonds is 4. The zero-order valence-electron chi connectivity index (χ0n) is 11.6. The molecule has 0 fully saturated rings. The maximum atomic E-state index is 12.2. The third kappa shape index (κ3) is 3.17. The molecular formula is C15H14N2O4. The minimum absolute atomic E-state index is 0.0757. The molecule has 0 aliphatic rings. The summed E-state index contributed by atoms with van der Waals surface area (Å²) in [7, 11) is 1.53. The van der Waals surface area contributed by atoms with Crippen LogP contribution < -0.4 is 10.1 Å². The fourth-order valence-corrected chi connectivity index (χ4v) is 1.97. The van der Waals surface area contributed by atoms with Crippen molar-refractivity contribution in [3.8, 4) is 5.75 Å². The first kappa shape index (κ1) is 14.5. The van der Waals surface area contributed by atoms with Gasteiger partial charge in [-0.25, -0.2) is 0 Å².